The summed E-state index contributed by atoms with van der Waals surface area (Å²) in [5, 5.41) is 12.9. The van der Waals surface area contributed by atoms with E-state index in [9.17, 15) is 14.3 Å². The van der Waals surface area contributed by atoms with Crippen LogP contribution in [0.15, 0.2) is 54.1 Å². The van der Waals surface area contributed by atoms with Gasteiger partial charge in [0.15, 0.2) is 5.82 Å². The van der Waals surface area contributed by atoms with Crippen LogP contribution >= 0.6 is 0 Å². The Labute approximate surface area is 179 Å². The number of aliphatic hydroxyl groups excluding tert-OH is 1. The molecule has 0 radical (unpaired) electrons. The van der Waals surface area contributed by atoms with E-state index in [1.165, 1.54) is 6.08 Å². The number of nitrogens with two attached hydrogens (primary N) is 1. The third-order valence-electron chi connectivity index (χ3n) is 5.24. The van der Waals surface area contributed by atoms with Crippen molar-refractivity contribution in [2.45, 2.75) is 18.9 Å². The lowest BCUT2D eigenvalue weighted by atomic mass is 10.1. The van der Waals surface area contributed by atoms with E-state index < -0.39 is 5.91 Å². The van der Waals surface area contributed by atoms with Gasteiger partial charge in [0.2, 0.25) is 0 Å². The summed E-state index contributed by atoms with van der Waals surface area (Å²) in [6.07, 6.45) is 3.88. The molecule has 1 aromatic carbocycles. The summed E-state index contributed by atoms with van der Waals surface area (Å²) in [5.74, 6) is 1.40. The fourth-order valence-electron chi connectivity index (χ4n) is 3.56. The number of carbonyl (C=O) groups excluding carboxylic acids is 1. The molecule has 1 unspecified atom stereocenters. The highest BCUT2D eigenvalue weighted by Gasteiger charge is 2.24. The highest BCUT2D eigenvalue weighted by Crippen LogP contribution is 2.27. The summed E-state index contributed by atoms with van der Waals surface area (Å²) in [4.78, 5) is 22.8. The van der Waals surface area contributed by atoms with Gasteiger partial charge in [0.1, 0.15) is 28.8 Å². The molecule has 1 aliphatic carbocycles. The predicted octanol–water partition coefficient (Wildman–Crippen LogP) is 1.92. The maximum Gasteiger partial charge on any atom is 0.267 e. The summed E-state index contributed by atoms with van der Waals surface area (Å²) in [7, 11) is 0. The van der Waals surface area contributed by atoms with Crippen LogP contribution < -0.4 is 20.7 Å². The zero-order valence-corrected chi connectivity index (χ0v) is 16.9. The standard InChI is InChI=1S/C22H24FN5O3/c23-15-3-7-18(8-4-15)31-17-5-1-14(2-6-17)22-26-19(21(24)30)11-20(27-22)28-10-9-25-12-16(28)13-29/h1-3,5-7,11,16,25,29H,4,8-10,12-13H2,(H2,24,30). The quantitative estimate of drug-likeness (QED) is 0.648. The summed E-state index contributed by atoms with van der Waals surface area (Å²) in [6.45, 7) is 1.95. The molecule has 1 aliphatic heterocycles. The minimum absolute atomic E-state index is 0.0424. The first-order chi connectivity index (χ1) is 15.0. The van der Waals surface area contributed by atoms with Crippen molar-refractivity contribution in [3.63, 3.8) is 0 Å². The SMILES string of the molecule is NC(=O)c1cc(N2CCNCC2CO)nc(-c2ccc(OC3=CC=C(F)CC3)cc2)n1. The highest BCUT2D eigenvalue weighted by molar-refractivity contribution is 5.92. The van der Waals surface area contributed by atoms with Crippen LogP contribution in [0, 0.1) is 0 Å². The first-order valence-corrected chi connectivity index (χ1v) is 10.1. The second-order valence-electron chi connectivity index (χ2n) is 7.41. The molecule has 4 N–H and O–H groups in total. The second-order valence-corrected chi connectivity index (χ2v) is 7.41. The van der Waals surface area contributed by atoms with E-state index >= 15 is 0 Å². The van der Waals surface area contributed by atoms with Crippen molar-refractivity contribution < 1.29 is 19.0 Å². The zero-order chi connectivity index (χ0) is 21.8. The molecule has 0 spiro atoms. The molecular formula is C22H24FN5O3. The van der Waals surface area contributed by atoms with Crippen LogP contribution in [-0.4, -0.2) is 53.3 Å². The van der Waals surface area contributed by atoms with E-state index in [1.807, 2.05) is 4.90 Å². The van der Waals surface area contributed by atoms with Gasteiger partial charge in [0, 0.05) is 44.1 Å². The van der Waals surface area contributed by atoms with Gasteiger partial charge >= 0.3 is 0 Å². The minimum Gasteiger partial charge on any atom is -0.462 e. The number of nitrogens with zero attached hydrogens (tertiary/aromatic N) is 3. The van der Waals surface area contributed by atoms with Crippen LogP contribution in [-0.2, 0) is 0 Å². The monoisotopic (exact) mass is 425 g/mol. The molecule has 2 heterocycles. The average Bonchev–Trinajstić information content (AvgIpc) is 2.80. The number of nitrogens with one attached hydrogen (secondary N) is 1. The van der Waals surface area contributed by atoms with E-state index in [0.717, 1.165) is 6.54 Å². The number of benzene rings is 1. The van der Waals surface area contributed by atoms with Crippen molar-refractivity contribution in [2.75, 3.05) is 31.1 Å². The Bertz CT molecular complexity index is 1020. The molecule has 1 saturated heterocycles. The predicted molar refractivity (Wildman–Crippen MR) is 114 cm³/mol. The number of anilines is 1. The normalized spacial score (nSPS) is 18.9. The third kappa shape index (κ3) is 4.89. The number of hydrogen-bond acceptors (Lipinski definition) is 7. The number of aromatic nitrogens is 2. The Hall–Kier alpha value is -3.30. The number of carbonyl (C=O) groups is 1. The van der Waals surface area contributed by atoms with Crippen molar-refractivity contribution in [2.24, 2.45) is 5.73 Å². The smallest absolute Gasteiger partial charge is 0.267 e. The van der Waals surface area contributed by atoms with Crippen LogP contribution in [0.5, 0.6) is 5.75 Å². The van der Waals surface area contributed by atoms with Crippen LogP contribution in [0.2, 0.25) is 0 Å². The van der Waals surface area contributed by atoms with Gasteiger partial charge in [0.25, 0.3) is 5.91 Å². The molecule has 1 fully saturated rings. The Kier molecular flexibility index (Phi) is 6.24. The van der Waals surface area contributed by atoms with Crippen molar-refractivity contribution >= 4 is 11.7 Å². The number of allylic oxidation sites excluding steroid dienone is 4. The molecule has 1 atom stereocenters. The van der Waals surface area contributed by atoms with E-state index in [1.54, 1.807) is 36.4 Å². The molecule has 2 aromatic rings. The third-order valence-corrected chi connectivity index (χ3v) is 5.24. The first-order valence-electron chi connectivity index (χ1n) is 10.1. The van der Waals surface area contributed by atoms with E-state index in [-0.39, 0.29) is 24.2 Å². The summed E-state index contributed by atoms with van der Waals surface area (Å²) in [5.41, 5.74) is 6.30. The maximum absolute atomic E-state index is 13.1. The molecule has 162 valence electrons. The van der Waals surface area contributed by atoms with Gasteiger partial charge in [-0.05, 0) is 36.4 Å². The van der Waals surface area contributed by atoms with Gasteiger partial charge in [-0.25, -0.2) is 14.4 Å². The lowest BCUT2D eigenvalue weighted by Gasteiger charge is -2.36. The molecule has 9 heteroatoms. The van der Waals surface area contributed by atoms with Gasteiger partial charge in [0.05, 0.1) is 12.6 Å². The Morgan fingerprint density at radius 2 is 2.06 bits per heavy atom. The molecule has 2 aliphatic rings. The van der Waals surface area contributed by atoms with E-state index in [4.69, 9.17) is 10.5 Å². The average molecular weight is 425 g/mol. The van der Waals surface area contributed by atoms with Crippen molar-refractivity contribution in [3.05, 3.63) is 59.8 Å². The lowest BCUT2D eigenvalue weighted by Crippen LogP contribution is -2.53. The van der Waals surface area contributed by atoms with Gasteiger partial charge < -0.3 is 25.8 Å². The van der Waals surface area contributed by atoms with Crippen LogP contribution in [0.25, 0.3) is 11.4 Å². The molecule has 4 rings (SSSR count). The van der Waals surface area contributed by atoms with E-state index in [0.29, 0.717) is 54.6 Å². The number of ether oxygens (including phenoxy) is 1. The number of rotatable bonds is 6. The van der Waals surface area contributed by atoms with Crippen LogP contribution in [0.1, 0.15) is 23.3 Å². The molecule has 1 aromatic heterocycles. The van der Waals surface area contributed by atoms with Crippen molar-refractivity contribution in [3.8, 4) is 17.1 Å². The molecule has 8 nitrogen and oxygen atoms in total. The number of hydrogen-bond donors (Lipinski definition) is 3. The molecule has 0 bridgehead atoms. The Balaban J connectivity index is 1.61. The largest absolute Gasteiger partial charge is 0.462 e. The minimum atomic E-state index is -0.648. The van der Waals surface area contributed by atoms with E-state index in [2.05, 4.69) is 15.3 Å². The number of halogens is 1. The van der Waals surface area contributed by atoms with Gasteiger partial charge in [-0.1, -0.05) is 0 Å². The Morgan fingerprint density at radius 3 is 2.74 bits per heavy atom. The first kappa shape index (κ1) is 21.0. The number of primary amides is 1. The van der Waals surface area contributed by atoms with Crippen molar-refractivity contribution in [1.29, 1.82) is 0 Å². The molecule has 1 amide bonds. The summed E-state index contributed by atoms with van der Waals surface area (Å²) in [6, 6.07) is 8.52. The summed E-state index contributed by atoms with van der Waals surface area (Å²) >= 11 is 0. The highest BCUT2D eigenvalue weighted by atomic mass is 19.1. The zero-order valence-electron chi connectivity index (χ0n) is 16.9. The fourth-order valence-corrected chi connectivity index (χ4v) is 3.56. The maximum atomic E-state index is 13.1. The molecule has 0 saturated carbocycles. The number of amides is 1. The number of aliphatic hydroxyl groups is 1. The lowest BCUT2D eigenvalue weighted by molar-refractivity contribution is 0.0995. The molecular weight excluding hydrogens is 401 g/mol. The number of piperazine rings is 1. The second kappa shape index (κ2) is 9.23. The molecule has 31 heavy (non-hydrogen) atoms. The van der Waals surface area contributed by atoms with Crippen LogP contribution in [0.3, 0.4) is 0 Å². The van der Waals surface area contributed by atoms with Crippen LogP contribution in [0.4, 0.5) is 10.2 Å². The van der Waals surface area contributed by atoms with Gasteiger partial charge in [-0.3, -0.25) is 4.79 Å². The Morgan fingerprint density at radius 1 is 1.26 bits per heavy atom. The topological polar surface area (TPSA) is 114 Å². The van der Waals surface area contributed by atoms with Crippen molar-refractivity contribution in [1.82, 2.24) is 15.3 Å². The fraction of sp³-hybridized carbons (Fsp3) is 0.318. The summed E-state index contributed by atoms with van der Waals surface area (Å²) < 4.78 is 18.9. The van der Waals surface area contributed by atoms with Gasteiger partial charge in [-0.15, -0.1) is 0 Å². The van der Waals surface area contributed by atoms with Gasteiger partial charge in [-0.2, -0.15) is 0 Å².